The summed E-state index contributed by atoms with van der Waals surface area (Å²) in [6.45, 7) is 0. The van der Waals surface area contributed by atoms with Crippen LogP contribution in [-0.2, 0) is 0 Å². The zero-order valence-corrected chi connectivity index (χ0v) is 6.78. The van der Waals surface area contributed by atoms with Gasteiger partial charge in [-0.3, -0.25) is 4.98 Å². The van der Waals surface area contributed by atoms with Crippen LogP contribution in [-0.4, -0.2) is 15.1 Å². The first-order chi connectivity index (χ1) is 5.79. The maximum absolute atomic E-state index is 9.31. The van der Waals surface area contributed by atoms with Crippen molar-refractivity contribution in [2.24, 2.45) is 0 Å². The topological polar surface area (TPSA) is 46.0 Å². The van der Waals surface area contributed by atoms with Gasteiger partial charge in [0.15, 0.2) is 5.75 Å². The van der Waals surface area contributed by atoms with Gasteiger partial charge in [-0.25, -0.2) is 4.98 Å². The van der Waals surface area contributed by atoms with E-state index in [2.05, 4.69) is 9.97 Å². The van der Waals surface area contributed by atoms with Crippen LogP contribution >= 0.6 is 11.6 Å². The van der Waals surface area contributed by atoms with Crippen molar-refractivity contribution in [1.29, 1.82) is 0 Å². The molecule has 1 N–H and O–H groups in total. The van der Waals surface area contributed by atoms with E-state index < -0.39 is 0 Å². The maximum atomic E-state index is 9.31. The summed E-state index contributed by atoms with van der Waals surface area (Å²) < 4.78 is 0. The van der Waals surface area contributed by atoms with Crippen molar-refractivity contribution in [3.05, 3.63) is 29.7 Å². The Labute approximate surface area is 73.6 Å². The molecule has 2 heterocycles. The second-order valence-electron chi connectivity index (χ2n) is 2.33. The summed E-state index contributed by atoms with van der Waals surface area (Å²) in [5, 5.41) is 10.3. The average Bonchev–Trinajstić information content (AvgIpc) is 2.12. The van der Waals surface area contributed by atoms with E-state index in [1.165, 1.54) is 6.20 Å². The Bertz CT molecular complexity index is 390. The monoisotopic (exact) mass is 180 g/mol. The van der Waals surface area contributed by atoms with Crippen LogP contribution in [0.2, 0.25) is 5.15 Å². The summed E-state index contributed by atoms with van der Waals surface area (Å²) in [4.78, 5) is 7.75. The van der Waals surface area contributed by atoms with Crippen LogP contribution in [0, 0.1) is 0 Å². The molecule has 0 aliphatic carbocycles. The molecule has 2 aromatic rings. The SMILES string of the molecule is Oc1cnc(Cl)c2cccnc12. The fourth-order valence-corrected chi connectivity index (χ4v) is 1.23. The van der Waals surface area contributed by atoms with Gasteiger partial charge in [-0.2, -0.15) is 0 Å². The molecule has 0 amide bonds. The Morgan fingerprint density at radius 3 is 2.92 bits per heavy atom. The van der Waals surface area contributed by atoms with Crippen LogP contribution in [0.3, 0.4) is 0 Å². The normalized spacial score (nSPS) is 10.4. The number of rotatable bonds is 0. The number of fused-ring (bicyclic) bond motifs is 1. The van der Waals surface area contributed by atoms with Crippen molar-refractivity contribution >= 4 is 22.5 Å². The highest BCUT2D eigenvalue weighted by molar-refractivity contribution is 6.34. The van der Waals surface area contributed by atoms with E-state index in [4.69, 9.17) is 11.6 Å². The molecule has 0 atom stereocenters. The fraction of sp³-hybridized carbons (Fsp3) is 0. The number of nitrogens with zero attached hydrogens (tertiary/aromatic N) is 2. The molecule has 12 heavy (non-hydrogen) atoms. The van der Waals surface area contributed by atoms with E-state index in [0.717, 1.165) is 0 Å². The predicted octanol–water partition coefficient (Wildman–Crippen LogP) is 1.99. The van der Waals surface area contributed by atoms with E-state index in [1.807, 2.05) is 0 Å². The molecule has 0 aliphatic rings. The third-order valence-corrected chi connectivity index (χ3v) is 1.87. The lowest BCUT2D eigenvalue weighted by Crippen LogP contribution is -1.82. The van der Waals surface area contributed by atoms with Crippen molar-refractivity contribution in [3.63, 3.8) is 0 Å². The highest BCUT2D eigenvalue weighted by Crippen LogP contribution is 2.25. The van der Waals surface area contributed by atoms with Gasteiger partial charge in [0.2, 0.25) is 0 Å². The first-order valence-corrected chi connectivity index (χ1v) is 3.75. The van der Waals surface area contributed by atoms with Crippen LogP contribution in [0.25, 0.3) is 10.9 Å². The number of pyridine rings is 2. The van der Waals surface area contributed by atoms with Crippen LogP contribution in [0.1, 0.15) is 0 Å². The average molecular weight is 181 g/mol. The number of aromatic nitrogens is 2. The molecule has 0 saturated carbocycles. The van der Waals surface area contributed by atoms with Crippen LogP contribution in [0.15, 0.2) is 24.5 Å². The summed E-state index contributed by atoms with van der Waals surface area (Å²) in [6.07, 6.45) is 2.88. The first kappa shape index (κ1) is 7.31. The van der Waals surface area contributed by atoms with Crippen LogP contribution < -0.4 is 0 Å². The molecule has 0 bridgehead atoms. The number of aromatic hydroxyl groups is 1. The van der Waals surface area contributed by atoms with Gasteiger partial charge >= 0.3 is 0 Å². The van der Waals surface area contributed by atoms with E-state index in [1.54, 1.807) is 18.3 Å². The maximum Gasteiger partial charge on any atom is 0.160 e. The summed E-state index contributed by atoms with van der Waals surface area (Å²) in [6, 6.07) is 3.51. The standard InChI is InChI=1S/C8H5ClN2O/c9-8-5-2-1-3-10-7(5)6(12)4-11-8/h1-4,12H. The molecule has 60 valence electrons. The molecule has 0 unspecified atom stereocenters. The molecule has 0 spiro atoms. The second-order valence-corrected chi connectivity index (χ2v) is 2.69. The van der Waals surface area contributed by atoms with Gasteiger partial charge in [0.05, 0.1) is 6.20 Å². The highest BCUT2D eigenvalue weighted by Gasteiger charge is 2.03. The summed E-state index contributed by atoms with van der Waals surface area (Å²) in [5.74, 6) is 0.0509. The number of halogens is 1. The van der Waals surface area contributed by atoms with E-state index in [9.17, 15) is 5.11 Å². The van der Waals surface area contributed by atoms with Gasteiger partial charge in [-0.1, -0.05) is 11.6 Å². The zero-order valence-electron chi connectivity index (χ0n) is 6.03. The Kier molecular flexibility index (Phi) is 1.59. The number of hydrogen-bond donors (Lipinski definition) is 1. The van der Waals surface area contributed by atoms with Gasteiger partial charge in [-0.05, 0) is 12.1 Å². The van der Waals surface area contributed by atoms with Crippen molar-refractivity contribution in [2.45, 2.75) is 0 Å². The Hall–Kier alpha value is -1.35. The van der Waals surface area contributed by atoms with Crippen molar-refractivity contribution in [3.8, 4) is 5.75 Å². The van der Waals surface area contributed by atoms with E-state index >= 15 is 0 Å². The largest absolute Gasteiger partial charge is 0.504 e. The van der Waals surface area contributed by atoms with Gasteiger partial charge < -0.3 is 5.11 Å². The third-order valence-electron chi connectivity index (χ3n) is 1.57. The molecule has 0 aromatic carbocycles. The van der Waals surface area contributed by atoms with Crippen LogP contribution in [0.5, 0.6) is 5.75 Å². The van der Waals surface area contributed by atoms with Gasteiger partial charge in [0, 0.05) is 11.6 Å². The van der Waals surface area contributed by atoms with Crippen molar-refractivity contribution in [1.82, 2.24) is 9.97 Å². The third kappa shape index (κ3) is 0.987. The van der Waals surface area contributed by atoms with Gasteiger partial charge in [0.25, 0.3) is 0 Å². The quantitative estimate of drug-likeness (QED) is 0.631. The highest BCUT2D eigenvalue weighted by atomic mass is 35.5. The zero-order chi connectivity index (χ0) is 8.55. The minimum atomic E-state index is 0.0509. The molecule has 2 aromatic heterocycles. The summed E-state index contributed by atoms with van der Waals surface area (Å²) in [5.41, 5.74) is 0.484. The molecule has 3 nitrogen and oxygen atoms in total. The minimum Gasteiger partial charge on any atom is -0.504 e. The lowest BCUT2D eigenvalue weighted by molar-refractivity contribution is 0.478. The minimum absolute atomic E-state index is 0.0509. The van der Waals surface area contributed by atoms with Gasteiger partial charge in [-0.15, -0.1) is 0 Å². The Morgan fingerprint density at radius 2 is 2.17 bits per heavy atom. The molecule has 2 rings (SSSR count). The molecule has 0 aliphatic heterocycles. The summed E-state index contributed by atoms with van der Waals surface area (Å²) >= 11 is 5.77. The molecule has 0 radical (unpaired) electrons. The lowest BCUT2D eigenvalue weighted by Gasteiger charge is -1.99. The van der Waals surface area contributed by atoms with Gasteiger partial charge in [0.1, 0.15) is 10.7 Å². The molecule has 0 fully saturated rings. The Balaban J connectivity index is 2.95. The number of hydrogen-bond acceptors (Lipinski definition) is 3. The molecule has 4 heteroatoms. The molecular weight excluding hydrogens is 176 g/mol. The van der Waals surface area contributed by atoms with E-state index in [-0.39, 0.29) is 5.75 Å². The summed E-state index contributed by atoms with van der Waals surface area (Å²) in [7, 11) is 0. The molecule has 0 saturated heterocycles. The smallest absolute Gasteiger partial charge is 0.160 e. The van der Waals surface area contributed by atoms with E-state index in [0.29, 0.717) is 16.1 Å². The Morgan fingerprint density at radius 1 is 1.33 bits per heavy atom. The molecular formula is C8H5ClN2O. The first-order valence-electron chi connectivity index (χ1n) is 3.37. The second kappa shape index (κ2) is 2.60. The fourth-order valence-electron chi connectivity index (χ4n) is 1.02. The van der Waals surface area contributed by atoms with Crippen molar-refractivity contribution in [2.75, 3.05) is 0 Å². The van der Waals surface area contributed by atoms with Crippen LogP contribution in [0.4, 0.5) is 0 Å². The predicted molar refractivity (Wildman–Crippen MR) is 46.2 cm³/mol. The van der Waals surface area contributed by atoms with Crippen molar-refractivity contribution < 1.29 is 5.11 Å². The lowest BCUT2D eigenvalue weighted by atomic mass is 10.2.